The van der Waals surface area contributed by atoms with Crippen molar-refractivity contribution in [3.8, 4) is 5.75 Å². The number of Topliss-reactive ketones (excluding diaryl/α,β-unsaturated/α-hetero) is 2. The second-order valence-electron chi connectivity index (χ2n) is 21.7. The van der Waals surface area contributed by atoms with E-state index in [1.54, 1.807) is 32.0 Å². The Morgan fingerprint density at radius 2 is 1.50 bits per heavy atom. The van der Waals surface area contributed by atoms with Crippen molar-refractivity contribution in [2.24, 2.45) is 29.4 Å². The van der Waals surface area contributed by atoms with Gasteiger partial charge in [0, 0.05) is 99.5 Å². The maximum Gasteiger partial charge on any atom is 0.253 e. The summed E-state index contributed by atoms with van der Waals surface area (Å²) >= 11 is 1.11. The molecule has 4 aliphatic rings. The number of aliphatic hydroxyl groups is 2. The number of unbranched alkanes of at least 4 members (excludes halogenated alkanes) is 3. The molecule has 1 saturated heterocycles. The van der Waals surface area contributed by atoms with Gasteiger partial charge in [-0.05, 0) is 62.6 Å². The molecule has 6 rings (SSSR count). The van der Waals surface area contributed by atoms with Crippen LogP contribution < -0.4 is 42.4 Å². The molecule has 10 atom stereocenters. The number of benzene rings is 1. The molecule has 10 N–H and O–H groups in total. The minimum absolute atomic E-state index is 0.187. The molecule has 0 radical (unpaired) electrons. The number of nitrogens with zero attached hydrogens (tertiary/aromatic N) is 3. The third-order valence-electron chi connectivity index (χ3n) is 15.7. The molecular formula is C56H78N10O15S. The van der Waals surface area contributed by atoms with E-state index in [1.165, 1.54) is 33.1 Å². The Balaban J connectivity index is 1.43. The molecule has 0 aliphatic carbocycles. The number of thioether (sulfide) groups is 1. The molecule has 26 heteroatoms. The fourth-order valence-corrected chi connectivity index (χ4v) is 12.0. The SMILES string of the molecule is CC[C@H](C)[C@@H]1NC(=O)CNC(=O)[C@H]2CC(=O)[C@@H]([C@@H](C)[C@H](C)O)NC(=O)C3C[C@@H](O)CN3C(=O)[C@H](CC(N)=O)CC(=O)[C@H](CSc3c(c4ccc(OC)cc4n3CCCCNC(=O)CCCCCN3C(=O)C=CC3=O)C2)NC(=O)CNC1=O. The number of amides is 10. The molecule has 4 aliphatic heterocycles. The second kappa shape index (κ2) is 29.7. The zero-order valence-corrected chi connectivity index (χ0v) is 47.9. The second-order valence-corrected chi connectivity index (χ2v) is 22.7. The number of fused-ring (bicyclic) bond motifs is 5. The third-order valence-corrected chi connectivity index (χ3v) is 17.0. The van der Waals surface area contributed by atoms with Gasteiger partial charge in [-0.25, -0.2) is 0 Å². The van der Waals surface area contributed by atoms with Crippen molar-refractivity contribution in [2.45, 2.75) is 153 Å². The summed E-state index contributed by atoms with van der Waals surface area (Å²) < 4.78 is 7.60. The van der Waals surface area contributed by atoms with E-state index in [9.17, 15) is 67.7 Å². The average molecular weight is 1160 g/mol. The van der Waals surface area contributed by atoms with E-state index in [2.05, 4.69) is 31.9 Å². The van der Waals surface area contributed by atoms with Crippen LogP contribution in [0, 0.1) is 23.7 Å². The van der Waals surface area contributed by atoms with Crippen LogP contribution in [0.4, 0.5) is 0 Å². The van der Waals surface area contributed by atoms with Crippen LogP contribution in [-0.4, -0.2) is 177 Å². The summed E-state index contributed by atoms with van der Waals surface area (Å²) in [5.41, 5.74) is 6.79. The van der Waals surface area contributed by atoms with E-state index in [0.29, 0.717) is 72.3 Å². The Morgan fingerprint density at radius 1 is 0.817 bits per heavy atom. The molecule has 1 aromatic heterocycles. The van der Waals surface area contributed by atoms with Gasteiger partial charge in [-0.1, -0.05) is 33.6 Å². The predicted molar refractivity (Wildman–Crippen MR) is 298 cm³/mol. The molecular weight excluding hydrogens is 1080 g/mol. The molecule has 1 unspecified atom stereocenters. The number of imide groups is 1. The van der Waals surface area contributed by atoms with Crippen molar-refractivity contribution in [1.29, 1.82) is 0 Å². The van der Waals surface area contributed by atoms with Crippen LogP contribution in [0.15, 0.2) is 35.4 Å². The maximum absolute atomic E-state index is 15.0. The summed E-state index contributed by atoms with van der Waals surface area (Å²) in [5.74, 6) is -12.2. The first-order valence-corrected chi connectivity index (χ1v) is 29.1. The Bertz CT molecular complexity index is 2780. The Morgan fingerprint density at radius 3 is 2.17 bits per heavy atom. The van der Waals surface area contributed by atoms with E-state index in [4.69, 9.17) is 10.5 Å². The summed E-state index contributed by atoms with van der Waals surface area (Å²) in [6, 6.07) is -0.291. The lowest BCUT2D eigenvalue weighted by Gasteiger charge is -2.32. The van der Waals surface area contributed by atoms with Gasteiger partial charge in [0.2, 0.25) is 47.3 Å². The Labute approximate surface area is 479 Å². The highest BCUT2D eigenvalue weighted by Gasteiger charge is 2.45. The Hall–Kier alpha value is -7.19. The molecule has 82 heavy (non-hydrogen) atoms. The molecule has 1 fully saturated rings. The molecule has 10 amide bonds. The van der Waals surface area contributed by atoms with E-state index in [1.807, 2.05) is 4.57 Å². The first-order chi connectivity index (χ1) is 39.0. The number of ketones is 2. The van der Waals surface area contributed by atoms with Gasteiger partial charge < -0.3 is 62.1 Å². The molecule has 0 spiro atoms. The summed E-state index contributed by atoms with van der Waals surface area (Å²) in [4.78, 5) is 167. The van der Waals surface area contributed by atoms with Gasteiger partial charge in [-0.3, -0.25) is 62.4 Å². The van der Waals surface area contributed by atoms with Crippen LogP contribution in [0.25, 0.3) is 10.9 Å². The van der Waals surface area contributed by atoms with Crippen LogP contribution in [-0.2, 0) is 70.5 Å². The van der Waals surface area contributed by atoms with Gasteiger partial charge in [0.15, 0.2) is 11.6 Å². The van der Waals surface area contributed by atoms with Crippen molar-refractivity contribution in [3.63, 3.8) is 0 Å². The fourth-order valence-electron chi connectivity index (χ4n) is 10.6. The zero-order valence-electron chi connectivity index (χ0n) is 47.1. The monoisotopic (exact) mass is 1160 g/mol. The lowest BCUT2D eigenvalue weighted by molar-refractivity contribution is -0.145. The highest BCUT2D eigenvalue weighted by atomic mass is 32.2. The predicted octanol–water partition coefficient (Wildman–Crippen LogP) is -0.569. The van der Waals surface area contributed by atoms with Crippen molar-refractivity contribution >= 4 is 93.3 Å². The minimum Gasteiger partial charge on any atom is -0.497 e. The van der Waals surface area contributed by atoms with Crippen LogP contribution >= 0.6 is 11.8 Å². The smallest absolute Gasteiger partial charge is 0.253 e. The van der Waals surface area contributed by atoms with Crippen molar-refractivity contribution in [3.05, 3.63) is 35.9 Å². The number of nitrogens with two attached hydrogens (primary N) is 1. The van der Waals surface area contributed by atoms with Gasteiger partial charge in [0.1, 0.15) is 17.8 Å². The van der Waals surface area contributed by atoms with Gasteiger partial charge in [-0.15, -0.1) is 11.8 Å². The van der Waals surface area contributed by atoms with E-state index < -0.39 is 152 Å². The number of ether oxygens (including phenoxy) is 1. The lowest BCUT2D eigenvalue weighted by atomic mass is 9.86. The molecule has 448 valence electrons. The standard InChI is InChI=1S/C56H78N10O15S/c1-6-30(2)50-54(79)60-26-46(73)61-39-29-82-56-38(37-14-13-36(81-5)25-40(37)64(56)18-11-9-17-58-45(72)12-8-7-10-19-65-48(75)15-16-49(65)76)20-33(52(77)59-27-47(74)62-50)21-43(70)51(31(3)32(4)67)63-53(78)41-24-35(68)28-66(41)55(80)34(22-42(39)69)23-44(57)71/h13-16,25,30-35,39,41,50-51,67-68H,6-12,17-24,26-29H2,1-5H3,(H2,57,71)(H,58,72)(H,59,77)(H,60,79)(H,61,73)(H,62,74)(H,63,78)/t30-,31-,32-,33+,34-,35+,39-,41?,50-,51+/m0/s1. The van der Waals surface area contributed by atoms with Crippen molar-refractivity contribution < 1.29 is 72.5 Å². The first kappa shape index (κ1) is 64.0. The van der Waals surface area contributed by atoms with Crippen LogP contribution in [0.5, 0.6) is 5.75 Å². The van der Waals surface area contributed by atoms with Crippen molar-refractivity contribution in [2.75, 3.05) is 45.6 Å². The Kier molecular flexibility index (Phi) is 23.2. The van der Waals surface area contributed by atoms with Gasteiger partial charge in [0.05, 0.1) is 61.0 Å². The molecule has 2 bridgehead atoms. The number of aromatic nitrogens is 1. The van der Waals surface area contributed by atoms with Gasteiger partial charge in [0.25, 0.3) is 11.8 Å². The molecule has 0 saturated carbocycles. The number of aliphatic hydroxyl groups excluding tert-OH is 2. The maximum atomic E-state index is 15.0. The molecule has 2 aromatic rings. The van der Waals surface area contributed by atoms with E-state index in [0.717, 1.165) is 21.6 Å². The third kappa shape index (κ3) is 16.7. The number of carbonyl (C=O) groups excluding carboxylic acids is 12. The highest BCUT2D eigenvalue weighted by molar-refractivity contribution is 7.99. The molecule has 25 nitrogen and oxygen atoms in total. The number of hydrogen-bond acceptors (Lipinski definition) is 16. The van der Waals surface area contributed by atoms with Gasteiger partial charge >= 0.3 is 0 Å². The minimum atomic E-state index is -1.50. The largest absolute Gasteiger partial charge is 0.497 e. The summed E-state index contributed by atoms with van der Waals surface area (Å²) in [6.45, 7) is 5.54. The number of carbonyl (C=O) groups is 12. The zero-order chi connectivity index (χ0) is 59.9. The quantitative estimate of drug-likeness (QED) is 0.0667. The topological polar surface area (TPSA) is 364 Å². The average Bonchev–Trinajstić information content (AvgIpc) is 4.30. The van der Waals surface area contributed by atoms with Crippen LogP contribution in [0.1, 0.15) is 104 Å². The summed E-state index contributed by atoms with van der Waals surface area (Å²) in [5, 5.41) is 39.1. The fraction of sp³-hybridized carbons (Fsp3) is 0.607. The number of primary amides is 1. The number of rotatable bonds is 18. The molecule has 5 heterocycles. The number of aryl methyl sites for hydroxylation is 1. The highest BCUT2D eigenvalue weighted by Crippen LogP contribution is 2.39. The summed E-state index contributed by atoms with van der Waals surface area (Å²) in [6.07, 6.45) is 0.800. The van der Waals surface area contributed by atoms with Crippen molar-refractivity contribution in [1.82, 2.24) is 46.3 Å². The van der Waals surface area contributed by atoms with E-state index in [-0.39, 0.29) is 55.8 Å². The normalized spacial score (nSPS) is 24.9. The lowest BCUT2D eigenvalue weighted by Crippen LogP contribution is -2.56. The number of hydrogen-bond donors (Lipinski definition) is 9. The van der Waals surface area contributed by atoms with Crippen LogP contribution in [0.3, 0.4) is 0 Å². The number of nitrogens with one attached hydrogen (secondary N) is 6. The van der Waals surface area contributed by atoms with Crippen LogP contribution in [0.2, 0.25) is 0 Å². The number of methoxy groups -OCH3 is 1. The van der Waals surface area contributed by atoms with E-state index >= 15 is 0 Å². The summed E-state index contributed by atoms with van der Waals surface area (Å²) in [7, 11) is 1.48. The van der Waals surface area contributed by atoms with Gasteiger partial charge in [-0.2, -0.15) is 0 Å². The molecule has 1 aromatic carbocycles. The first-order valence-electron chi connectivity index (χ1n) is 28.1.